The smallest absolute Gasteiger partial charge is 0.151 e. The van der Waals surface area contributed by atoms with Crippen molar-refractivity contribution in [1.29, 1.82) is 5.26 Å². The van der Waals surface area contributed by atoms with Crippen LogP contribution in [0.2, 0.25) is 0 Å². The zero-order chi connectivity index (χ0) is 20.1. The average molecular weight is 381 g/mol. The van der Waals surface area contributed by atoms with Crippen LogP contribution < -0.4 is 10.1 Å². The molecule has 0 saturated carbocycles. The number of aliphatic hydroxyl groups excluding tert-OH is 2. The zero-order valence-electron chi connectivity index (χ0n) is 15.3. The van der Waals surface area contributed by atoms with Gasteiger partial charge in [-0.05, 0) is 47.7 Å². The normalized spacial score (nSPS) is 11.8. The molecule has 3 N–H and O–H groups in total. The van der Waals surface area contributed by atoms with Crippen LogP contribution in [0.5, 0.6) is 5.75 Å². The lowest BCUT2D eigenvalue weighted by molar-refractivity contribution is 0.0911. The fraction of sp³-hybridized carbons (Fsp3) is 0.238. The Balaban J connectivity index is 2.17. The van der Waals surface area contributed by atoms with E-state index in [9.17, 15) is 14.8 Å². The molecule has 3 rings (SSSR count). The molecule has 0 aliphatic carbocycles. The molecule has 0 spiro atoms. The van der Waals surface area contributed by atoms with Crippen molar-refractivity contribution in [3.8, 4) is 22.9 Å². The number of aromatic nitrogens is 1. The molecule has 7 heteroatoms. The highest BCUT2D eigenvalue weighted by Gasteiger charge is 2.17. The molecule has 0 fully saturated rings. The monoisotopic (exact) mass is 381 g/mol. The summed E-state index contributed by atoms with van der Waals surface area (Å²) in [7, 11) is 1.55. The number of methoxy groups -OCH3 is 1. The van der Waals surface area contributed by atoms with E-state index in [-0.39, 0.29) is 12.3 Å². The maximum Gasteiger partial charge on any atom is 0.151 e. The lowest BCUT2D eigenvalue weighted by Gasteiger charge is -2.16. The molecule has 144 valence electrons. The minimum atomic E-state index is -0.833. The van der Waals surface area contributed by atoms with Gasteiger partial charge in [-0.25, -0.2) is 9.37 Å². The number of pyridine rings is 1. The molecule has 0 aliphatic heterocycles. The molecule has 0 amide bonds. The summed E-state index contributed by atoms with van der Waals surface area (Å²) in [5, 5.41) is 32.7. The Bertz CT molecular complexity index is 1030. The van der Waals surface area contributed by atoms with Crippen LogP contribution in [0.25, 0.3) is 21.9 Å². The number of anilines is 1. The van der Waals surface area contributed by atoms with E-state index in [1.54, 1.807) is 31.4 Å². The van der Waals surface area contributed by atoms with Crippen molar-refractivity contribution in [2.24, 2.45) is 0 Å². The number of hydrogen-bond donors (Lipinski definition) is 3. The summed E-state index contributed by atoms with van der Waals surface area (Å²) in [6, 6.07) is 13.5. The quantitative estimate of drug-likeness (QED) is 0.582. The van der Waals surface area contributed by atoms with E-state index in [0.29, 0.717) is 41.0 Å². The number of fused-ring (bicyclic) bond motifs is 1. The van der Waals surface area contributed by atoms with Crippen LogP contribution in [-0.4, -0.2) is 41.6 Å². The van der Waals surface area contributed by atoms with Gasteiger partial charge in [0.25, 0.3) is 0 Å². The van der Waals surface area contributed by atoms with Crippen molar-refractivity contribution in [2.75, 3.05) is 25.6 Å². The van der Waals surface area contributed by atoms with E-state index < -0.39 is 11.9 Å². The van der Waals surface area contributed by atoms with Crippen molar-refractivity contribution in [3.63, 3.8) is 0 Å². The number of hydrogen-bond acceptors (Lipinski definition) is 6. The Labute approximate surface area is 161 Å². The van der Waals surface area contributed by atoms with Crippen molar-refractivity contribution in [3.05, 3.63) is 54.0 Å². The highest BCUT2D eigenvalue weighted by atomic mass is 19.1. The van der Waals surface area contributed by atoms with E-state index in [0.717, 1.165) is 5.39 Å². The predicted molar refractivity (Wildman–Crippen MR) is 105 cm³/mol. The van der Waals surface area contributed by atoms with E-state index in [4.69, 9.17) is 9.84 Å². The number of nitrogens with zero attached hydrogens (tertiary/aromatic N) is 2. The van der Waals surface area contributed by atoms with Gasteiger partial charge < -0.3 is 20.3 Å². The standard InChI is InChI=1S/C21H20FN3O3/c1-28-16-5-6-17-18(10-16)20(13-3-2-4-14(22)9-13)19(11-23)25-21(17)24-8-7-15(27)12-26/h2-6,9-10,15,26-27H,7-8,12H2,1H3,(H,24,25)/t15-/m0/s1. The molecule has 1 atom stereocenters. The van der Waals surface area contributed by atoms with Crippen LogP contribution in [0, 0.1) is 17.1 Å². The second-order valence-electron chi connectivity index (χ2n) is 6.27. The van der Waals surface area contributed by atoms with E-state index in [1.165, 1.54) is 12.1 Å². The number of nitriles is 1. The van der Waals surface area contributed by atoms with Gasteiger partial charge in [-0.3, -0.25) is 0 Å². The molecule has 6 nitrogen and oxygen atoms in total. The fourth-order valence-electron chi connectivity index (χ4n) is 3.02. The average Bonchev–Trinajstić information content (AvgIpc) is 2.72. The molecular formula is C21H20FN3O3. The number of halogens is 1. The van der Waals surface area contributed by atoms with Crippen LogP contribution in [0.4, 0.5) is 10.2 Å². The first-order chi connectivity index (χ1) is 13.6. The molecule has 0 saturated heterocycles. The number of nitrogens with one attached hydrogen (secondary N) is 1. The van der Waals surface area contributed by atoms with Gasteiger partial charge in [0.15, 0.2) is 5.69 Å². The second-order valence-corrected chi connectivity index (χ2v) is 6.27. The van der Waals surface area contributed by atoms with Gasteiger partial charge in [0.1, 0.15) is 23.5 Å². The third kappa shape index (κ3) is 4.03. The molecule has 0 bridgehead atoms. The first-order valence-corrected chi connectivity index (χ1v) is 8.78. The van der Waals surface area contributed by atoms with Gasteiger partial charge in [0, 0.05) is 17.5 Å². The molecule has 0 unspecified atom stereocenters. The Morgan fingerprint density at radius 3 is 2.75 bits per heavy atom. The number of ether oxygens (including phenoxy) is 1. The summed E-state index contributed by atoms with van der Waals surface area (Å²) in [5.41, 5.74) is 1.22. The van der Waals surface area contributed by atoms with Crippen molar-refractivity contribution in [2.45, 2.75) is 12.5 Å². The number of rotatable bonds is 7. The van der Waals surface area contributed by atoms with Crippen molar-refractivity contribution >= 4 is 16.6 Å². The maximum absolute atomic E-state index is 13.8. The van der Waals surface area contributed by atoms with Crippen LogP contribution in [0.3, 0.4) is 0 Å². The molecule has 1 heterocycles. The molecular weight excluding hydrogens is 361 g/mol. The summed E-state index contributed by atoms with van der Waals surface area (Å²) in [5.74, 6) is 0.666. The SMILES string of the molecule is COc1ccc2c(NCC[C@H](O)CO)nc(C#N)c(-c3cccc(F)c3)c2c1. The summed E-state index contributed by atoms with van der Waals surface area (Å²) in [6.07, 6.45) is -0.510. The van der Waals surface area contributed by atoms with Crippen molar-refractivity contribution in [1.82, 2.24) is 4.98 Å². The molecule has 0 aliphatic rings. The van der Waals surface area contributed by atoms with E-state index in [2.05, 4.69) is 16.4 Å². The first-order valence-electron chi connectivity index (χ1n) is 8.78. The number of benzene rings is 2. The van der Waals surface area contributed by atoms with Gasteiger partial charge in [-0.1, -0.05) is 12.1 Å². The third-order valence-electron chi connectivity index (χ3n) is 4.41. The van der Waals surface area contributed by atoms with Gasteiger partial charge >= 0.3 is 0 Å². The maximum atomic E-state index is 13.8. The molecule has 1 aromatic heterocycles. The Hall–Kier alpha value is -3.21. The highest BCUT2D eigenvalue weighted by Crippen LogP contribution is 2.36. The van der Waals surface area contributed by atoms with Gasteiger partial charge in [-0.15, -0.1) is 0 Å². The summed E-state index contributed by atoms with van der Waals surface area (Å²) < 4.78 is 19.1. The summed E-state index contributed by atoms with van der Waals surface area (Å²) in [6.45, 7) is 0.0368. The Kier molecular flexibility index (Phi) is 6.04. The molecule has 3 aromatic rings. The van der Waals surface area contributed by atoms with Gasteiger partial charge in [0.2, 0.25) is 0 Å². The van der Waals surface area contributed by atoms with Crippen LogP contribution in [-0.2, 0) is 0 Å². The van der Waals surface area contributed by atoms with Crippen LogP contribution in [0.15, 0.2) is 42.5 Å². The largest absolute Gasteiger partial charge is 0.497 e. The minimum Gasteiger partial charge on any atom is -0.497 e. The van der Waals surface area contributed by atoms with E-state index in [1.807, 2.05) is 6.07 Å². The Morgan fingerprint density at radius 1 is 1.25 bits per heavy atom. The summed E-state index contributed by atoms with van der Waals surface area (Å²) in [4.78, 5) is 4.42. The topological polar surface area (TPSA) is 98.4 Å². The Morgan fingerprint density at radius 2 is 2.07 bits per heavy atom. The lowest BCUT2D eigenvalue weighted by Crippen LogP contribution is -2.17. The predicted octanol–water partition coefficient (Wildman–Crippen LogP) is 3.08. The minimum absolute atomic E-state index is 0.150. The lowest BCUT2D eigenvalue weighted by atomic mass is 9.96. The molecule has 0 radical (unpaired) electrons. The van der Waals surface area contributed by atoms with E-state index >= 15 is 0 Å². The molecule has 2 aromatic carbocycles. The van der Waals surface area contributed by atoms with Crippen molar-refractivity contribution < 1.29 is 19.3 Å². The van der Waals surface area contributed by atoms with Gasteiger partial charge in [0.05, 0.1) is 19.8 Å². The highest BCUT2D eigenvalue weighted by molar-refractivity contribution is 6.04. The number of aliphatic hydroxyl groups is 2. The molecule has 28 heavy (non-hydrogen) atoms. The third-order valence-corrected chi connectivity index (χ3v) is 4.41. The first kappa shape index (κ1) is 19.5. The van der Waals surface area contributed by atoms with Crippen LogP contribution >= 0.6 is 0 Å². The zero-order valence-corrected chi connectivity index (χ0v) is 15.3. The second kappa shape index (κ2) is 8.65. The van der Waals surface area contributed by atoms with Crippen LogP contribution in [0.1, 0.15) is 12.1 Å². The van der Waals surface area contributed by atoms with Gasteiger partial charge in [-0.2, -0.15) is 5.26 Å². The fourth-order valence-corrected chi connectivity index (χ4v) is 3.02. The summed E-state index contributed by atoms with van der Waals surface area (Å²) >= 11 is 0.